The van der Waals surface area contributed by atoms with E-state index in [9.17, 15) is 9.59 Å². The number of para-hydroxylation sites is 1. The summed E-state index contributed by atoms with van der Waals surface area (Å²) in [5.74, 6) is -0.335. The maximum absolute atomic E-state index is 12.8. The van der Waals surface area contributed by atoms with Gasteiger partial charge < -0.3 is 15.0 Å². The quantitative estimate of drug-likeness (QED) is 0.904. The first-order valence-electron chi connectivity index (χ1n) is 9.39. The van der Waals surface area contributed by atoms with E-state index in [0.29, 0.717) is 25.1 Å². The number of likely N-dealkylation sites (tertiary alicyclic amines) is 1. The number of benzene rings is 1. The van der Waals surface area contributed by atoms with Crippen LogP contribution in [0.3, 0.4) is 0 Å². The number of ether oxygens (including phenoxy) is 1. The molecule has 2 saturated heterocycles. The van der Waals surface area contributed by atoms with Crippen molar-refractivity contribution in [3.63, 3.8) is 0 Å². The van der Waals surface area contributed by atoms with E-state index < -0.39 is 0 Å². The highest BCUT2D eigenvalue weighted by atomic mass is 16.5. The first kappa shape index (κ1) is 17.7. The molecule has 0 radical (unpaired) electrons. The Hall–Kier alpha value is -2.73. The molecule has 6 nitrogen and oxygen atoms in total. The summed E-state index contributed by atoms with van der Waals surface area (Å²) >= 11 is 0. The third-order valence-electron chi connectivity index (χ3n) is 5.26. The van der Waals surface area contributed by atoms with Crippen molar-refractivity contribution in [3.8, 4) is 0 Å². The van der Waals surface area contributed by atoms with Gasteiger partial charge in [-0.15, -0.1) is 0 Å². The second-order valence-corrected chi connectivity index (χ2v) is 7.10. The van der Waals surface area contributed by atoms with Gasteiger partial charge >= 0.3 is 0 Å². The molecule has 1 N–H and O–H groups in total. The number of amides is 2. The summed E-state index contributed by atoms with van der Waals surface area (Å²) in [6, 6.07) is 13.1. The molecule has 2 aliphatic heterocycles. The fourth-order valence-electron chi connectivity index (χ4n) is 3.80. The van der Waals surface area contributed by atoms with E-state index in [1.165, 1.54) is 0 Å². The lowest BCUT2D eigenvalue weighted by Gasteiger charge is -2.32. The molecule has 0 aliphatic carbocycles. The number of hydrogen-bond donors (Lipinski definition) is 1. The Morgan fingerprint density at radius 1 is 1.19 bits per heavy atom. The molecule has 2 aromatic rings. The van der Waals surface area contributed by atoms with Gasteiger partial charge in [-0.3, -0.25) is 14.6 Å². The smallest absolute Gasteiger partial charge is 0.255 e. The number of carbonyl (C=O) groups excluding carboxylic acids is 2. The minimum Gasteiger partial charge on any atom is -0.370 e. The Kier molecular flexibility index (Phi) is 4.90. The van der Waals surface area contributed by atoms with Gasteiger partial charge in [0.1, 0.15) is 0 Å². The normalized spacial score (nSPS) is 23.9. The number of carbonyl (C=O) groups is 2. The monoisotopic (exact) mass is 365 g/mol. The van der Waals surface area contributed by atoms with Crippen molar-refractivity contribution < 1.29 is 14.3 Å². The van der Waals surface area contributed by atoms with Crippen LogP contribution in [-0.4, -0.2) is 47.0 Å². The van der Waals surface area contributed by atoms with Gasteiger partial charge in [0.15, 0.2) is 0 Å². The lowest BCUT2D eigenvalue weighted by Crippen LogP contribution is -2.47. The average molecular weight is 365 g/mol. The lowest BCUT2D eigenvalue weighted by atomic mass is 9.99. The average Bonchev–Trinajstić information content (AvgIpc) is 3.02. The standard InChI is InChI=1S/C21H23N3O3/c1-2-15-9-8-14(11-22-15)21(26)24-12-17-10-18(19(13-24)27-17)20(25)23-16-6-4-3-5-7-16/h3-9,11,17-19H,2,10,12-13H2,1H3,(H,23,25). The van der Waals surface area contributed by atoms with Crippen LogP contribution in [0.5, 0.6) is 0 Å². The SMILES string of the molecule is CCc1ccc(C(=O)N2CC3CC(C(=O)Nc4ccccc4)C(C2)O3)cn1. The number of anilines is 1. The van der Waals surface area contributed by atoms with Crippen LogP contribution in [0.2, 0.25) is 0 Å². The Morgan fingerprint density at radius 2 is 2.00 bits per heavy atom. The number of aromatic nitrogens is 1. The predicted molar refractivity (Wildman–Crippen MR) is 101 cm³/mol. The van der Waals surface area contributed by atoms with Crippen molar-refractivity contribution in [2.75, 3.05) is 18.4 Å². The number of fused-ring (bicyclic) bond motifs is 2. The molecule has 3 heterocycles. The van der Waals surface area contributed by atoms with Gasteiger partial charge in [-0.1, -0.05) is 25.1 Å². The minimum absolute atomic E-state index is 0.0445. The number of morpholine rings is 1. The molecule has 27 heavy (non-hydrogen) atoms. The summed E-state index contributed by atoms with van der Waals surface area (Å²) in [7, 11) is 0. The maximum Gasteiger partial charge on any atom is 0.255 e. The van der Waals surface area contributed by atoms with Crippen LogP contribution in [0.25, 0.3) is 0 Å². The zero-order chi connectivity index (χ0) is 18.8. The number of hydrogen-bond acceptors (Lipinski definition) is 4. The number of nitrogens with one attached hydrogen (secondary N) is 1. The van der Waals surface area contributed by atoms with Gasteiger partial charge in [0.2, 0.25) is 5.91 Å². The molecule has 3 atom stereocenters. The number of pyridine rings is 1. The summed E-state index contributed by atoms with van der Waals surface area (Å²) in [6.07, 6.45) is 2.76. The van der Waals surface area contributed by atoms with Gasteiger partial charge in [0.25, 0.3) is 5.91 Å². The maximum atomic E-state index is 12.8. The highest BCUT2D eigenvalue weighted by Gasteiger charge is 2.45. The van der Waals surface area contributed by atoms with Gasteiger partial charge in [0.05, 0.1) is 23.7 Å². The summed E-state index contributed by atoms with van der Waals surface area (Å²) in [6.45, 7) is 2.97. The van der Waals surface area contributed by atoms with E-state index in [1.54, 1.807) is 11.1 Å². The lowest BCUT2D eigenvalue weighted by molar-refractivity contribution is -0.122. The van der Waals surface area contributed by atoms with Crippen molar-refractivity contribution in [2.45, 2.75) is 32.0 Å². The zero-order valence-electron chi connectivity index (χ0n) is 15.3. The largest absolute Gasteiger partial charge is 0.370 e. The second-order valence-electron chi connectivity index (χ2n) is 7.10. The molecule has 2 fully saturated rings. The van der Waals surface area contributed by atoms with E-state index >= 15 is 0 Å². The summed E-state index contributed by atoms with van der Waals surface area (Å²) in [4.78, 5) is 31.6. The van der Waals surface area contributed by atoms with Crippen LogP contribution in [0.4, 0.5) is 5.69 Å². The van der Waals surface area contributed by atoms with Crippen LogP contribution in [0, 0.1) is 5.92 Å². The van der Waals surface area contributed by atoms with E-state index in [4.69, 9.17) is 4.74 Å². The molecule has 140 valence electrons. The van der Waals surface area contributed by atoms with Crippen LogP contribution in [0.1, 0.15) is 29.4 Å². The molecular weight excluding hydrogens is 342 g/mol. The Morgan fingerprint density at radius 3 is 2.70 bits per heavy atom. The second kappa shape index (κ2) is 7.48. The van der Waals surface area contributed by atoms with Crippen LogP contribution < -0.4 is 5.32 Å². The van der Waals surface area contributed by atoms with Crippen LogP contribution in [0.15, 0.2) is 48.7 Å². The molecule has 2 bridgehead atoms. The topological polar surface area (TPSA) is 71.5 Å². The van der Waals surface area contributed by atoms with Crippen molar-refractivity contribution in [1.82, 2.24) is 9.88 Å². The number of nitrogens with zero attached hydrogens (tertiary/aromatic N) is 2. The van der Waals surface area contributed by atoms with Crippen molar-refractivity contribution in [3.05, 3.63) is 59.9 Å². The Balaban J connectivity index is 1.42. The van der Waals surface area contributed by atoms with Gasteiger partial charge in [-0.05, 0) is 37.1 Å². The molecular formula is C21H23N3O3. The van der Waals surface area contributed by atoms with E-state index in [0.717, 1.165) is 17.8 Å². The molecule has 3 unspecified atom stereocenters. The van der Waals surface area contributed by atoms with Crippen molar-refractivity contribution >= 4 is 17.5 Å². The molecule has 4 rings (SSSR count). The van der Waals surface area contributed by atoms with Crippen molar-refractivity contribution in [1.29, 1.82) is 0 Å². The molecule has 0 saturated carbocycles. The van der Waals surface area contributed by atoms with E-state index in [-0.39, 0.29) is 29.9 Å². The van der Waals surface area contributed by atoms with Crippen LogP contribution >= 0.6 is 0 Å². The number of aryl methyl sites for hydroxylation is 1. The number of rotatable bonds is 4. The molecule has 2 amide bonds. The molecule has 6 heteroatoms. The fraction of sp³-hybridized carbons (Fsp3) is 0.381. The highest BCUT2D eigenvalue weighted by molar-refractivity contribution is 5.95. The van der Waals surface area contributed by atoms with Gasteiger partial charge in [0, 0.05) is 30.7 Å². The third-order valence-corrected chi connectivity index (χ3v) is 5.26. The highest BCUT2D eigenvalue weighted by Crippen LogP contribution is 2.33. The summed E-state index contributed by atoms with van der Waals surface area (Å²) < 4.78 is 5.95. The van der Waals surface area contributed by atoms with Crippen LogP contribution in [-0.2, 0) is 16.0 Å². The molecule has 1 aromatic carbocycles. The first-order valence-corrected chi connectivity index (χ1v) is 9.39. The summed E-state index contributed by atoms with van der Waals surface area (Å²) in [5, 5.41) is 2.95. The van der Waals surface area contributed by atoms with E-state index in [2.05, 4.69) is 10.3 Å². The molecule has 2 aliphatic rings. The third kappa shape index (κ3) is 3.71. The Bertz CT molecular complexity index is 822. The zero-order valence-corrected chi connectivity index (χ0v) is 15.3. The van der Waals surface area contributed by atoms with Gasteiger partial charge in [-0.25, -0.2) is 0 Å². The molecule has 0 spiro atoms. The first-order chi connectivity index (χ1) is 13.1. The van der Waals surface area contributed by atoms with Crippen molar-refractivity contribution in [2.24, 2.45) is 5.92 Å². The Labute approximate surface area is 158 Å². The minimum atomic E-state index is -0.265. The summed E-state index contributed by atoms with van der Waals surface area (Å²) in [5.41, 5.74) is 2.32. The molecule has 1 aromatic heterocycles. The predicted octanol–water partition coefficient (Wildman–Crippen LogP) is 2.51. The fourth-order valence-corrected chi connectivity index (χ4v) is 3.80. The van der Waals surface area contributed by atoms with Gasteiger partial charge in [-0.2, -0.15) is 0 Å². The van der Waals surface area contributed by atoms with E-state index in [1.807, 2.05) is 49.4 Å².